The second-order valence-corrected chi connectivity index (χ2v) is 8.04. The van der Waals surface area contributed by atoms with Crippen LogP contribution in [-0.2, 0) is 4.79 Å². The molecule has 2 fully saturated rings. The molecule has 1 aromatic heterocycles. The molecule has 0 spiro atoms. The van der Waals surface area contributed by atoms with Crippen molar-refractivity contribution in [2.45, 2.75) is 38.1 Å². The van der Waals surface area contributed by atoms with E-state index in [2.05, 4.69) is 52.3 Å². The van der Waals surface area contributed by atoms with Crippen molar-refractivity contribution >= 4 is 22.6 Å². The molecule has 148 valence electrons. The Kier molecular flexibility index (Phi) is 4.88. The van der Waals surface area contributed by atoms with Crippen molar-refractivity contribution in [2.24, 2.45) is 0 Å². The number of aromatic nitrogens is 2. The van der Waals surface area contributed by atoms with Crippen LogP contribution in [0.5, 0.6) is 0 Å². The highest BCUT2D eigenvalue weighted by atomic mass is 16.2. The molecule has 0 unspecified atom stereocenters. The third-order valence-corrected chi connectivity index (χ3v) is 6.15. The maximum Gasteiger partial charge on any atom is 0.245 e. The van der Waals surface area contributed by atoms with Gasteiger partial charge >= 0.3 is 0 Å². The monoisotopic (exact) mass is 386 g/mol. The average molecular weight is 386 g/mol. The number of amides is 1. The summed E-state index contributed by atoms with van der Waals surface area (Å²) in [6, 6.07) is 16.6. The SMILES string of the molecule is O=C([C@H]1CCCN1c1nccc(-c2ccc3ccccc3c2)n1)N1CCCCC1. The van der Waals surface area contributed by atoms with Gasteiger partial charge in [-0.15, -0.1) is 0 Å². The van der Waals surface area contributed by atoms with Crippen LogP contribution in [0.1, 0.15) is 32.1 Å². The van der Waals surface area contributed by atoms with Crippen LogP contribution in [0.4, 0.5) is 5.95 Å². The fraction of sp³-hybridized carbons (Fsp3) is 0.375. The van der Waals surface area contributed by atoms with Gasteiger partial charge in [-0.3, -0.25) is 4.79 Å². The number of likely N-dealkylation sites (tertiary alicyclic amines) is 1. The number of fused-ring (bicyclic) bond motifs is 1. The molecule has 0 radical (unpaired) electrons. The Balaban J connectivity index is 1.42. The topological polar surface area (TPSA) is 49.3 Å². The lowest BCUT2D eigenvalue weighted by Crippen LogP contribution is -2.48. The maximum atomic E-state index is 13.1. The van der Waals surface area contributed by atoms with E-state index in [1.807, 2.05) is 17.2 Å². The Labute approximate surface area is 171 Å². The highest BCUT2D eigenvalue weighted by Crippen LogP contribution is 2.28. The molecule has 0 bridgehead atoms. The Hall–Kier alpha value is -2.95. The van der Waals surface area contributed by atoms with Gasteiger partial charge in [-0.1, -0.05) is 36.4 Å². The van der Waals surface area contributed by atoms with Gasteiger partial charge in [0.2, 0.25) is 11.9 Å². The van der Waals surface area contributed by atoms with Crippen molar-refractivity contribution in [2.75, 3.05) is 24.5 Å². The number of hydrogen-bond donors (Lipinski definition) is 0. The van der Waals surface area contributed by atoms with E-state index in [-0.39, 0.29) is 11.9 Å². The summed E-state index contributed by atoms with van der Waals surface area (Å²) in [5.74, 6) is 0.922. The van der Waals surface area contributed by atoms with E-state index in [9.17, 15) is 4.79 Å². The minimum absolute atomic E-state index is 0.125. The quantitative estimate of drug-likeness (QED) is 0.674. The molecule has 0 aliphatic carbocycles. The molecule has 29 heavy (non-hydrogen) atoms. The van der Waals surface area contributed by atoms with Crippen LogP contribution in [0.2, 0.25) is 0 Å². The zero-order valence-corrected chi connectivity index (χ0v) is 16.6. The molecule has 5 heteroatoms. The molecule has 3 aromatic rings. The second kappa shape index (κ2) is 7.82. The molecule has 1 amide bonds. The summed E-state index contributed by atoms with van der Waals surface area (Å²) < 4.78 is 0. The van der Waals surface area contributed by atoms with Crippen LogP contribution < -0.4 is 4.90 Å². The number of piperidine rings is 1. The molecule has 2 aliphatic rings. The summed E-state index contributed by atoms with van der Waals surface area (Å²) in [4.78, 5) is 26.7. The summed E-state index contributed by atoms with van der Waals surface area (Å²) in [5.41, 5.74) is 1.97. The van der Waals surface area contributed by atoms with Crippen molar-refractivity contribution in [3.05, 3.63) is 54.7 Å². The van der Waals surface area contributed by atoms with Crippen molar-refractivity contribution in [3.8, 4) is 11.3 Å². The first kappa shape index (κ1) is 18.1. The molecule has 5 rings (SSSR count). The van der Waals surface area contributed by atoms with Crippen LogP contribution in [0.25, 0.3) is 22.0 Å². The Morgan fingerprint density at radius 1 is 0.897 bits per heavy atom. The fourth-order valence-corrected chi connectivity index (χ4v) is 4.58. The van der Waals surface area contributed by atoms with Crippen molar-refractivity contribution in [1.29, 1.82) is 0 Å². The maximum absolute atomic E-state index is 13.1. The summed E-state index contributed by atoms with van der Waals surface area (Å²) in [6.07, 6.45) is 7.17. The minimum Gasteiger partial charge on any atom is -0.341 e. The minimum atomic E-state index is -0.125. The number of rotatable bonds is 3. The lowest BCUT2D eigenvalue weighted by molar-refractivity contribution is -0.133. The largest absolute Gasteiger partial charge is 0.341 e. The molecule has 1 atom stereocenters. The van der Waals surface area contributed by atoms with Gasteiger partial charge in [-0.2, -0.15) is 0 Å². The van der Waals surface area contributed by atoms with Crippen LogP contribution in [0.3, 0.4) is 0 Å². The van der Waals surface area contributed by atoms with E-state index < -0.39 is 0 Å². The number of carbonyl (C=O) groups excluding carboxylic acids is 1. The fourth-order valence-electron chi connectivity index (χ4n) is 4.58. The van der Waals surface area contributed by atoms with E-state index in [0.29, 0.717) is 5.95 Å². The molecule has 2 saturated heterocycles. The Morgan fingerprint density at radius 2 is 1.72 bits per heavy atom. The van der Waals surface area contributed by atoms with Crippen LogP contribution in [-0.4, -0.2) is 46.5 Å². The first-order valence-corrected chi connectivity index (χ1v) is 10.7. The lowest BCUT2D eigenvalue weighted by atomic mass is 10.1. The molecule has 3 heterocycles. The van der Waals surface area contributed by atoms with E-state index in [1.54, 1.807) is 0 Å². The Bertz CT molecular complexity index is 1030. The predicted octanol–water partition coefficient (Wildman–Crippen LogP) is 4.28. The zero-order chi connectivity index (χ0) is 19.6. The third kappa shape index (κ3) is 3.57. The summed E-state index contributed by atoms with van der Waals surface area (Å²) in [5, 5.41) is 2.42. The van der Waals surface area contributed by atoms with Crippen LogP contribution in [0.15, 0.2) is 54.7 Å². The number of carbonyl (C=O) groups is 1. The van der Waals surface area contributed by atoms with Gasteiger partial charge < -0.3 is 9.80 Å². The van der Waals surface area contributed by atoms with Crippen LogP contribution >= 0.6 is 0 Å². The predicted molar refractivity (Wildman–Crippen MR) is 116 cm³/mol. The van der Waals surface area contributed by atoms with E-state index in [0.717, 1.165) is 56.6 Å². The molecule has 2 aliphatic heterocycles. The summed E-state index contributed by atoms with van der Waals surface area (Å²) >= 11 is 0. The molecule has 5 nitrogen and oxygen atoms in total. The van der Waals surface area contributed by atoms with E-state index in [4.69, 9.17) is 4.98 Å². The standard InChI is InChI=1S/C24H26N4O/c29-23(27-14-4-1-5-15-27)22-9-6-16-28(22)24-25-13-12-21(26-24)20-11-10-18-7-2-3-8-19(18)17-20/h2-3,7-8,10-13,17,22H,1,4-6,9,14-16H2/t22-/m1/s1. The third-order valence-electron chi connectivity index (χ3n) is 6.15. The molecule has 0 N–H and O–H groups in total. The number of hydrogen-bond acceptors (Lipinski definition) is 4. The molecular formula is C24H26N4O. The first-order valence-electron chi connectivity index (χ1n) is 10.7. The van der Waals surface area contributed by atoms with Gasteiger partial charge in [0.05, 0.1) is 5.69 Å². The highest BCUT2D eigenvalue weighted by molar-refractivity contribution is 5.87. The smallest absolute Gasteiger partial charge is 0.245 e. The highest BCUT2D eigenvalue weighted by Gasteiger charge is 2.35. The first-order chi connectivity index (χ1) is 14.3. The number of nitrogens with zero attached hydrogens (tertiary/aromatic N) is 4. The van der Waals surface area contributed by atoms with Crippen LogP contribution in [0, 0.1) is 0 Å². The lowest BCUT2D eigenvalue weighted by Gasteiger charge is -2.32. The normalized spacial score (nSPS) is 19.7. The van der Waals surface area contributed by atoms with Crippen molar-refractivity contribution in [3.63, 3.8) is 0 Å². The van der Waals surface area contributed by atoms with Gasteiger partial charge in [-0.25, -0.2) is 9.97 Å². The molecule has 0 saturated carbocycles. The van der Waals surface area contributed by atoms with Crippen molar-refractivity contribution < 1.29 is 4.79 Å². The number of benzene rings is 2. The van der Waals surface area contributed by atoms with Gasteiger partial charge in [0.25, 0.3) is 0 Å². The van der Waals surface area contributed by atoms with E-state index >= 15 is 0 Å². The summed E-state index contributed by atoms with van der Waals surface area (Å²) in [7, 11) is 0. The Morgan fingerprint density at radius 3 is 2.59 bits per heavy atom. The zero-order valence-electron chi connectivity index (χ0n) is 16.6. The molecule has 2 aromatic carbocycles. The summed E-state index contributed by atoms with van der Waals surface area (Å²) in [6.45, 7) is 2.62. The molecular weight excluding hydrogens is 360 g/mol. The second-order valence-electron chi connectivity index (χ2n) is 8.04. The van der Waals surface area contributed by atoms with Gasteiger partial charge in [0.1, 0.15) is 6.04 Å². The van der Waals surface area contributed by atoms with E-state index in [1.165, 1.54) is 17.2 Å². The van der Waals surface area contributed by atoms with Gasteiger partial charge in [0.15, 0.2) is 0 Å². The van der Waals surface area contributed by atoms with Gasteiger partial charge in [0, 0.05) is 31.4 Å². The average Bonchev–Trinajstić information content (AvgIpc) is 3.29. The number of anilines is 1. The van der Waals surface area contributed by atoms with Crippen molar-refractivity contribution in [1.82, 2.24) is 14.9 Å². The van der Waals surface area contributed by atoms with Gasteiger partial charge in [-0.05, 0) is 55.0 Å².